The Balaban J connectivity index is 1.96. The van der Waals surface area contributed by atoms with Crippen LogP contribution in [0.15, 0.2) is 34.8 Å². The monoisotopic (exact) mass is 416 g/mol. The minimum absolute atomic E-state index is 0.174. The molecule has 2 aromatic rings. The molecule has 0 saturated heterocycles. The van der Waals surface area contributed by atoms with Gasteiger partial charge < -0.3 is 9.47 Å². The fourth-order valence-electron chi connectivity index (χ4n) is 3.98. The van der Waals surface area contributed by atoms with Crippen LogP contribution in [-0.2, 0) is 22.6 Å². The molecule has 4 heteroatoms. The van der Waals surface area contributed by atoms with Crippen molar-refractivity contribution in [3.63, 3.8) is 0 Å². The molecule has 0 heterocycles. The quantitative estimate of drug-likeness (QED) is 0.555. The van der Waals surface area contributed by atoms with Gasteiger partial charge in [0.1, 0.15) is 18.5 Å². The number of benzene rings is 2. The predicted molar refractivity (Wildman–Crippen MR) is 106 cm³/mol. The maximum absolute atomic E-state index is 11.1. The summed E-state index contributed by atoms with van der Waals surface area (Å²) in [7, 11) is 0. The molecule has 0 saturated carbocycles. The largest absolute Gasteiger partial charge is 0.489 e. The van der Waals surface area contributed by atoms with Crippen molar-refractivity contribution >= 4 is 22.4 Å². The van der Waals surface area contributed by atoms with E-state index in [2.05, 4.69) is 48.8 Å². The topological polar surface area (TPSA) is 35.5 Å². The van der Waals surface area contributed by atoms with Crippen molar-refractivity contribution in [2.24, 2.45) is 5.92 Å². The molecule has 2 aromatic carbocycles. The Hall–Kier alpha value is -1.81. The zero-order chi connectivity index (χ0) is 18.7. The van der Waals surface area contributed by atoms with Crippen LogP contribution in [0.25, 0.3) is 0 Å². The van der Waals surface area contributed by atoms with Crippen LogP contribution >= 0.6 is 15.9 Å². The molecule has 1 aliphatic carbocycles. The zero-order valence-corrected chi connectivity index (χ0v) is 17.1. The Morgan fingerprint density at radius 3 is 2.73 bits per heavy atom. The fraction of sp³-hybridized carbons (Fsp3) is 0.409. The maximum atomic E-state index is 11.1. The van der Waals surface area contributed by atoms with E-state index in [-0.39, 0.29) is 6.10 Å². The van der Waals surface area contributed by atoms with E-state index >= 15 is 0 Å². The summed E-state index contributed by atoms with van der Waals surface area (Å²) in [6.07, 6.45) is 2.91. The normalized spacial score (nSPS) is 18.9. The van der Waals surface area contributed by atoms with Gasteiger partial charge in [0.05, 0.1) is 0 Å². The first kappa shape index (κ1) is 19.0. The Morgan fingerprint density at radius 1 is 1.27 bits per heavy atom. The van der Waals surface area contributed by atoms with Gasteiger partial charge in [-0.25, -0.2) is 0 Å². The van der Waals surface area contributed by atoms with E-state index in [0.717, 1.165) is 46.2 Å². The molecule has 3 nitrogen and oxygen atoms in total. The van der Waals surface area contributed by atoms with Gasteiger partial charge in [0.2, 0.25) is 0 Å². The van der Waals surface area contributed by atoms with E-state index in [1.807, 2.05) is 18.2 Å². The molecule has 0 N–H and O–H groups in total. The van der Waals surface area contributed by atoms with Gasteiger partial charge in [-0.2, -0.15) is 0 Å². The number of halogens is 1. The summed E-state index contributed by atoms with van der Waals surface area (Å²) in [5.41, 5.74) is 5.86. The summed E-state index contributed by atoms with van der Waals surface area (Å²) in [6, 6.07) is 10.2. The third kappa shape index (κ3) is 3.66. The molecule has 0 spiro atoms. The summed E-state index contributed by atoms with van der Waals surface area (Å²) >= 11 is 3.57. The second-order valence-electron chi connectivity index (χ2n) is 6.95. The first-order valence-corrected chi connectivity index (χ1v) is 9.94. The van der Waals surface area contributed by atoms with Crippen LogP contribution in [0, 0.1) is 19.8 Å². The average molecular weight is 417 g/mol. The summed E-state index contributed by atoms with van der Waals surface area (Å²) in [4.78, 5) is 11.1. The van der Waals surface area contributed by atoms with Crippen LogP contribution in [0.2, 0.25) is 0 Å². The van der Waals surface area contributed by atoms with Gasteiger partial charge in [0.25, 0.3) is 6.47 Å². The number of hydrogen-bond acceptors (Lipinski definition) is 3. The summed E-state index contributed by atoms with van der Waals surface area (Å²) in [6.45, 7) is 7.44. The summed E-state index contributed by atoms with van der Waals surface area (Å²) in [5, 5.41) is 0. The molecular formula is C22H25BrO3. The van der Waals surface area contributed by atoms with Crippen molar-refractivity contribution < 1.29 is 14.3 Å². The smallest absolute Gasteiger partial charge is 0.293 e. The molecule has 3 rings (SSSR count). The molecule has 0 bridgehead atoms. The molecule has 1 aliphatic rings. The van der Waals surface area contributed by atoms with Crippen LogP contribution in [-0.4, -0.2) is 6.47 Å². The summed E-state index contributed by atoms with van der Waals surface area (Å²) in [5.74, 6) is 1.23. The molecule has 26 heavy (non-hydrogen) atoms. The number of hydrogen-bond donors (Lipinski definition) is 0. The van der Waals surface area contributed by atoms with Gasteiger partial charge in [0.15, 0.2) is 0 Å². The van der Waals surface area contributed by atoms with Crippen molar-refractivity contribution in [2.45, 2.75) is 52.7 Å². The Morgan fingerprint density at radius 2 is 2.04 bits per heavy atom. The van der Waals surface area contributed by atoms with Gasteiger partial charge >= 0.3 is 0 Å². The van der Waals surface area contributed by atoms with Crippen LogP contribution < -0.4 is 4.74 Å². The molecule has 0 aliphatic heterocycles. The van der Waals surface area contributed by atoms with E-state index in [0.29, 0.717) is 19.0 Å². The first-order chi connectivity index (χ1) is 12.6. The third-order valence-electron chi connectivity index (χ3n) is 5.47. The Bertz CT molecular complexity index is 800. The highest BCUT2D eigenvalue weighted by Gasteiger charge is 2.33. The van der Waals surface area contributed by atoms with E-state index in [1.54, 1.807) is 0 Å². The minimum atomic E-state index is -0.174. The lowest BCUT2D eigenvalue weighted by Gasteiger charge is -2.34. The third-order valence-corrected chi connectivity index (χ3v) is 6.24. The second kappa shape index (κ2) is 8.26. The van der Waals surface area contributed by atoms with Crippen LogP contribution in [0.3, 0.4) is 0 Å². The van der Waals surface area contributed by atoms with Crippen LogP contribution in [0.4, 0.5) is 0 Å². The van der Waals surface area contributed by atoms with Gasteiger partial charge in [-0.3, -0.25) is 4.79 Å². The Labute approximate surface area is 163 Å². The highest BCUT2D eigenvalue weighted by Crippen LogP contribution is 2.44. The highest BCUT2D eigenvalue weighted by molar-refractivity contribution is 9.10. The highest BCUT2D eigenvalue weighted by atomic mass is 79.9. The number of carbonyl (C=O) groups is 1. The van der Waals surface area contributed by atoms with Crippen LogP contribution in [0.5, 0.6) is 5.75 Å². The van der Waals surface area contributed by atoms with Crippen molar-refractivity contribution in [1.29, 1.82) is 0 Å². The van der Waals surface area contributed by atoms with Crippen molar-refractivity contribution in [1.82, 2.24) is 0 Å². The SMILES string of the molecule is CC[C@@H]1CCc2c(C)cc(OCc3ccccc3Br)c(C)c2[C@@H]1OC=O. The first-order valence-electron chi connectivity index (χ1n) is 9.15. The number of aryl methyl sites for hydroxylation is 1. The van der Waals surface area contributed by atoms with Gasteiger partial charge in [-0.15, -0.1) is 0 Å². The molecular weight excluding hydrogens is 392 g/mol. The molecule has 138 valence electrons. The van der Waals surface area contributed by atoms with Gasteiger partial charge in [-0.1, -0.05) is 41.1 Å². The molecule has 2 atom stereocenters. The maximum Gasteiger partial charge on any atom is 0.293 e. The average Bonchev–Trinajstić information content (AvgIpc) is 2.64. The number of carbonyl (C=O) groups excluding carboxylic acids is 1. The van der Waals surface area contributed by atoms with Crippen molar-refractivity contribution in [2.75, 3.05) is 0 Å². The molecule has 0 radical (unpaired) electrons. The molecule has 0 amide bonds. The van der Waals surface area contributed by atoms with Gasteiger partial charge in [0, 0.05) is 21.5 Å². The van der Waals surface area contributed by atoms with E-state index in [4.69, 9.17) is 9.47 Å². The second-order valence-corrected chi connectivity index (χ2v) is 7.80. The van der Waals surface area contributed by atoms with Crippen molar-refractivity contribution in [3.05, 3.63) is 62.6 Å². The lowest BCUT2D eigenvalue weighted by molar-refractivity contribution is -0.137. The lowest BCUT2D eigenvalue weighted by atomic mass is 9.76. The molecule has 0 unspecified atom stereocenters. The molecule has 0 fully saturated rings. The standard InChI is InChI=1S/C22H25BrO3/c1-4-16-9-10-18-14(2)11-20(15(3)21(18)22(16)26-13-24)25-12-17-7-5-6-8-19(17)23/h5-8,11,13,16,22H,4,9-10,12H2,1-3H3/t16-,22-/m1/s1. The number of fused-ring (bicyclic) bond motifs is 1. The summed E-state index contributed by atoms with van der Waals surface area (Å²) < 4.78 is 12.8. The zero-order valence-electron chi connectivity index (χ0n) is 15.5. The van der Waals surface area contributed by atoms with Gasteiger partial charge in [-0.05, 0) is 61.9 Å². The number of ether oxygens (including phenoxy) is 2. The number of rotatable bonds is 6. The Kier molecular flexibility index (Phi) is 6.02. The van der Waals surface area contributed by atoms with Crippen LogP contribution in [0.1, 0.15) is 53.7 Å². The minimum Gasteiger partial charge on any atom is -0.489 e. The molecule has 0 aromatic heterocycles. The van der Waals surface area contributed by atoms with Crippen molar-refractivity contribution in [3.8, 4) is 5.75 Å². The van der Waals surface area contributed by atoms with E-state index in [9.17, 15) is 4.79 Å². The predicted octanol–water partition coefficient (Wildman–Crippen LogP) is 5.83. The fourth-order valence-corrected chi connectivity index (χ4v) is 4.37. The lowest BCUT2D eigenvalue weighted by Crippen LogP contribution is -2.24. The van der Waals surface area contributed by atoms with E-state index in [1.165, 1.54) is 11.1 Å². The van der Waals surface area contributed by atoms with E-state index < -0.39 is 0 Å².